The maximum atomic E-state index is 14.1. The number of hydrogen-bond donors (Lipinski definition) is 0. The third kappa shape index (κ3) is 13.3. The molecule has 12 rings (SSSR count). The van der Waals surface area contributed by atoms with Crippen molar-refractivity contribution in [2.75, 3.05) is 78.8 Å². The summed E-state index contributed by atoms with van der Waals surface area (Å²) < 4.78 is 35.6. The van der Waals surface area contributed by atoms with Crippen molar-refractivity contribution in [3.8, 4) is 0 Å². The van der Waals surface area contributed by atoms with Crippen LogP contribution in [0.2, 0.25) is 5.02 Å². The number of hydrogen-bond acceptors (Lipinski definition) is 11. The number of halogens is 3. The van der Waals surface area contributed by atoms with E-state index in [1.165, 1.54) is 42.5 Å². The molecule has 0 bridgehead atoms. The number of carbonyl (C=O) groups excluding carboxylic acids is 7. The Kier molecular flexibility index (Phi) is 20.3. The minimum absolute atomic E-state index is 0.0548. The summed E-state index contributed by atoms with van der Waals surface area (Å²) in [5.41, 5.74) is 17.5. The number of Topliss-reactive ketones (excluding diaryl/α,β-unsaturated/α-hetero) is 3. The summed E-state index contributed by atoms with van der Waals surface area (Å²) in [6.45, 7) is 13.9. The van der Waals surface area contributed by atoms with Crippen molar-refractivity contribution in [3.05, 3.63) is 134 Å². The van der Waals surface area contributed by atoms with Gasteiger partial charge in [0.25, 0.3) is 0 Å². The second-order valence-corrected chi connectivity index (χ2v) is 23.3. The van der Waals surface area contributed by atoms with Crippen LogP contribution in [0.15, 0.2) is 30.3 Å². The molecule has 4 aromatic rings. The number of amides is 4. The predicted octanol–water partition coefficient (Wildman–Crippen LogP) is 11.2. The molecule has 0 spiro atoms. The summed E-state index contributed by atoms with van der Waals surface area (Å²) in [4.78, 5) is 90.8. The normalized spacial score (nSPS) is 17.3. The topological polar surface area (TPSA) is 169 Å². The second-order valence-electron chi connectivity index (χ2n) is 21.8. The number of ketones is 3. The van der Waals surface area contributed by atoms with Crippen molar-refractivity contribution in [2.45, 2.75) is 137 Å². The van der Waals surface area contributed by atoms with E-state index in [0.717, 1.165) is 127 Å². The van der Waals surface area contributed by atoms with Crippen LogP contribution >= 0.6 is 34.2 Å². The van der Waals surface area contributed by atoms with Gasteiger partial charge in [0.15, 0.2) is 17.3 Å². The highest BCUT2D eigenvalue weighted by atomic mass is 127. The van der Waals surface area contributed by atoms with Crippen LogP contribution in [0.1, 0.15) is 157 Å². The molecule has 8 aliphatic rings. The van der Waals surface area contributed by atoms with Crippen LogP contribution in [-0.4, -0.2) is 140 Å². The molecule has 0 aromatic heterocycles. The molecule has 4 heterocycles. The molecule has 0 atom stereocenters. The molecule has 0 N–H and O–H groups in total. The highest BCUT2D eigenvalue weighted by molar-refractivity contribution is 14.1. The minimum atomic E-state index is -0.278. The molecule has 82 heavy (non-hydrogen) atoms. The van der Waals surface area contributed by atoms with Crippen LogP contribution in [0.25, 0.3) is 0 Å². The second kappa shape index (κ2) is 27.5. The zero-order valence-electron chi connectivity index (χ0n) is 47.8. The SMILES string of the molecule is CCOC(=O)N1CCc2cc(Cl)c3c(c2CC1)C(=O)CC3.CCOC(=O)N1CCc2cc(F)c3c(c2CC1)CCC3.CCOC(=O)N1CCc2cc(I)c3c(c2CC1)C(=O)CC3.CCOC(=O)N1CCc2ccc3c(c2CC1)C(=O)CC3. The van der Waals surface area contributed by atoms with Crippen molar-refractivity contribution in [3.63, 3.8) is 0 Å². The summed E-state index contributed by atoms with van der Waals surface area (Å²) in [6.07, 6.45) is 12.2. The van der Waals surface area contributed by atoms with Gasteiger partial charge in [-0.3, -0.25) is 14.4 Å². The van der Waals surface area contributed by atoms with Crippen LogP contribution in [0.3, 0.4) is 0 Å². The zero-order chi connectivity index (χ0) is 58.2. The Balaban J connectivity index is 0.000000132. The van der Waals surface area contributed by atoms with E-state index < -0.39 is 0 Å². The number of carbonyl (C=O) groups is 7. The van der Waals surface area contributed by atoms with Crippen molar-refractivity contribution < 1.29 is 56.9 Å². The summed E-state index contributed by atoms with van der Waals surface area (Å²) in [5, 5.41) is 0.694. The maximum absolute atomic E-state index is 14.1. The largest absolute Gasteiger partial charge is 0.450 e. The van der Waals surface area contributed by atoms with E-state index in [1.54, 1.807) is 32.6 Å². The molecular formula is C64H75ClFIN4O11. The fourth-order valence-corrected chi connectivity index (χ4v) is 14.4. The maximum Gasteiger partial charge on any atom is 0.409 e. The van der Waals surface area contributed by atoms with Crippen molar-refractivity contribution in [1.29, 1.82) is 0 Å². The van der Waals surface area contributed by atoms with Gasteiger partial charge in [0.05, 0.1) is 26.4 Å². The van der Waals surface area contributed by atoms with Gasteiger partial charge in [0.1, 0.15) is 5.82 Å². The van der Waals surface area contributed by atoms with Gasteiger partial charge in [0, 0.05) is 96.9 Å². The molecule has 438 valence electrons. The molecule has 15 nitrogen and oxygen atoms in total. The molecule has 4 aromatic carbocycles. The van der Waals surface area contributed by atoms with Crippen LogP contribution < -0.4 is 0 Å². The van der Waals surface area contributed by atoms with Gasteiger partial charge in [-0.05, 0) is 231 Å². The van der Waals surface area contributed by atoms with E-state index in [2.05, 4.69) is 40.8 Å². The highest BCUT2D eigenvalue weighted by Crippen LogP contribution is 2.38. The lowest BCUT2D eigenvalue weighted by Gasteiger charge is -2.19. The molecule has 0 saturated heterocycles. The molecule has 4 aliphatic heterocycles. The molecule has 4 amide bonds. The predicted molar refractivity (Wildman–Crippen MR) is 317 cm³/mol. The minimum Gasteiger partial charge on any atom is -0.450 e. The fraction of sp³-hybridized carbons (Fsp3) is 0.516. The highest BCUT2D eigenvalue weighted by Gasteiger charge is 2.33. The van der Waals surface area contributed by atoms with Gasteiger partial charge in [-0.15, -0.1) is 0 Å². The molecule has 0 saturated carbocycles. The van der Waals surface area contributed by atoms with Crippen LogP contribution in [0, 0.1) is 9.39 Å². The van der Waals surface area contributed by atoms with Crippen molar-refractivity contribution in [2.24, 2.45) is 0 Å². The third-order valence-electron chi connectivity index (χ3n) is 17.1. The monoisotopic (exact) mass is 1260 g/mol. The summed E-state index contributed by atoms with van der Waals surface area (Å²) >= 11 is 8.65. The van der Waals surface area contributed by atoms with E-state index >= 15 is 0 Å². The number of aryl methyl sites for hydroxylation is 1. The first kappa shape index (κ1) is 60.5. The van der Waals surface area contributed by atoms with Gasteiger partial charge in [0.2, 0.25) is 0 Å². The number of fused-ring (bicyclic) bond motifs is 12. The Morgan fingerprint density at radius 3 is 1.30 bits per heavy atom. The Morgan fingerprint density at radius 2 is 0.793 bits per heavy atom. The van der Waals surface area contributed by atoms with Crippen LogP contribution in [0.5, 0.6) is 0 Å². The molecule has 0 unspecified atom stereocenters. The van der Waals surface area contributed by atoms with Gasteiger partial charge in [-0.2, -0.15) is 0 Å². The van der Waals surface area contributed by atoms with E-state index in [9.17, 15) is 38.0 Å². The molecular weight excluding hydrogens is 1180 g/mol. The van der Waals surface area contributed by atoms with E-state index in [4.69, 9.17) is 30.5 Å². The average molecular weight is 1260 g/mol. The lowest BCUT2D eigenvalue weighted by atomic mass is 9.94. The molecule has 4 aliphatic carbocycles. The Hall–Kier alpha value is -6.08. The van der Waals surface area contributed by atoms with Crippen LogP contribution in [-0.2, 0) is 102 Å². The van der Waals surface area contributed by atoms with Gasteiger partial charge >= 0.3 is 24.4 Å². The zero-order valence-corrected chi connectivity index (χ0v) is 50.7. The van der Waals surface area contributed by atoms with Crippen molar-refractivity contribution >= 4 is 75.9 Å². The summed E-state index contributed by atoms with van der Waals surface area (Å²) in [5.74, 6) is 0.667. The number of benzene rings is 4. The van der Waals surface area contributed by atoms with E-state index in [0.29, 0.717) is 116 Å². The van der Waals surface area contributed by atoms with Gasteiger partial charge < -0.3 is 38.5 Å². The standard InChI is InChI=1S/C16H18ClNO3.C16H20FNO2.C16H18INO3.C16H19NO3/c1-2-21-16(20)18-7-5-10-9-13(17)12-3-4-14(19)15(12)11(10)6-8-18;1-2-20-16(19)18-8-6-11-10-15(17)14-5-3-4-13(14)12(11)7-9-18;1-2-21-16(20)18-7-5-10-9-13(17)12-3-4-14(19)15(12)11(10)6-8-18;1-2-20-16(19)17-9-7-11-3-4-12-5-6-14(18)15(12)13(11)8-10-17/h9H,2-8H2,1H3;10H,2-9H2,1H3;9H,2-8H2,1H3;3-4H,2,5-10H2,1H3. The van der Waals surface area contributed by atoms with Gasteiger partial charge in [-0.1, -0.05) is 23.7 Å². The molecule has 18 heteroatoms. The molecule has 0 fully saturated rings. The summed E-state index contributed by atoms with van der Waals surface area (Å²) in [6, 6.07) is 10.1. The number of rotatable bonds is 4. The summed E-state index contributed by atoms with van der Waals surface area (Å²) in [7, 11) is 0. The number of ether oxygens (including phenoxy) is 4. The molecule has 0 radical (unpaired) electrons. The smallest absolute Gasteiger partial charge is 0.409 e. The van der Waals surface area contributed by atoms with E-state index in [1.807, 2.05) is 26.8 Å². The first-order chi connectivity index (χ1) is 39.6. The van der Waals surface area contributed by atoms with Gasteiger partial charge in [-0.25, -0.2) is 23.6 Å². The Bertz CT molecular complexity index is 3060. The van der Waals surface area contributed by atoms with E-state index in [-0.39, 0.29) is 47.5 Å². The first-order valence-corrected chi connectivity index (χ1v) is 31.0. The van der Waals surface area contributed by atoms with Crippen LogP contribution in [0.4, 0.5) is 23.6 Å². The van der Waals surface area contributed by atoms with Crippen molar-refractivity contribution in [1.82, 2.24) is 19.6 Å². The lowest BCUT2D eigenvalue weighted by Crippen LogP contribution is -2.33. The Labute approximate surface area is 499 Å². The lowest BCUT2D eigenvalue weighted by molar-refractivity contribution is 0.0985. The third-order valence-corrected chi connectivity index (χ3v) is 18.4. The number of nitrogens with zero attached hydrogens (tertiary/aromatic N) is 4. The quantitative estimate of drug-likeness (QED) is 0.141. The fourth-order valence-electron chi connectivity index (χ4n) is 13.1. The average Bonchev–Trinajstić information content (AvgIpc) is 4.33. The first-order valence-electron chi connectivity index (χ1n) is 29.5. The Morgan fingerprint density at radius 1 is 0.415 bits per heavy atom.